The second-order valence-electron chi connectivity index (χ2n) is 4.67. The number of nitro groups is 1. The summed E-state index contributed by atoms with van der Waals surface area (Å²) in [5, 5.41) is 14.0. The molecule has 0 aliphatic carbocycles. The summed E-state index contributed by atoms with van der Waals surface area (Å²) in [5.41, 5.74) is 0.462. The molecule has 2 rings (SSSR count). The highest BCUT2D eigenvalue weighted by molar-refractivity contribution is 5.35. The summed E-state index contributed by atoms with van der Waals surface area (Å²) in [6, 6.07) is 4.14. The molecule has 0 spiro atoms. The Kier molecular flexibility index (Phi) is 3.88. The number of rotatable bonds is 3. The van der Waals surface area contributed by atoms with Crippen molar-refractivity contribution in [3.05, 3.63) is 39.7 Å². The van der Waals surface area contributed by atoms with Gasteiger partial charge in [0.2, 0.25) is 0 Å². The third-order valence-corrected chi connectivity index (χ3v) is 3.01. The molecule has 1 aromatic carbocycles. The van der Waals surface area contributed by atoms with Crippen LogP contribution in [0.5, 0.6) is 0 Å². The Labute approximate surface area is 105 Å². The molecule has 98 valence electrons. The van der Waals surface area contributed by atoms with Gasteiger partial charge in [0.25, 0.3) is 5.69 Å². The van der Waals surface area contributed by atoms with Crippen molar-refractivity contribution in [2.24, 2.45) is 0 Å². The van der Waals surface area contributed by atoms with Crippen LogP contribution in [-0.2, 0) is 6.54 Å². The van der Waals surface area contributed by atoms with Gasteiger partial charge in [-0.25, -0.2) is 4.39 Å². The molecular weight excluding hydrogens is 237 g/mol. The SMILES string of the molecule is C[C@H]1CN(Cc2cc(F)cc([N+](=O)[O-])c2)CCN1. The van der Waals surface area contributed by atoms with Crippen LogP contribution in [0.15, 0.2) is 18.2 Å². The molecule has 0 saturated carbocycles. The third-order valence-electron chi connectivity index (χ3n) is 3.01. The fraction of sp³-hybridized carbons (Fsp3) is 0.500. The van der Waals surface area contributed by atoms with E-state index in [1.54, 1.807) is 0 Å². The molecule has 0 unspecified atom stereocenters. The Morgan fingerprint density at radius 2 is 2.33 bits per heavy atom. The fourth-order valence-electron chi connectivity index (χ4n) is 2.24. The predicted molar refractivity (Wildman–Crippen MR) is 65.8 cm³/mol. The average molecular weight is 253 g/mol. The number of halogens is 1. The minimum atomic E-state index is -0.563. The van der Waals surface area contributed by atoms with Crippen LogP contribution in [0.1, 0.15) is 12.5 Å². The van der Waals surface area contributed by atoms with E-state index in [0.29, 0.717) is 18.2 Å². The molecule has 6 heteroatoms. The Morgan fingerprint density at radius 1 is 1.56 bits per heavy atom. The maximum absolute atomic E-state index is 13.3. The van der Waals surface area contributed by atoms with E-state index in [9.17, 15) is 14.5 Å². The number of benzene rings is 1. The number of nitrogens with one attached hydrogen (secondary N) is 1. The molecule has 1 fully saturated rings. The first-order valence-electron chi connectivity index (χ1n) is 5.94. The topological polar surface area (TPSA) is 58.4 Å². The highest BCUT2D eigenvalue weighted by atomic mass is 19.1. The van der Waals surface area contributed by atoms with Crippen molar-refractivity contribution >= 4 is 5.69 Å². The van der Waals surface area contributed by atoms with Crippen LogP contribution in [-0.4, -0.2) is 35.5 Å². The van der Waals surface area contributed by atoms with Crippen molar-refractivity contribution in [3.8, 4) is 0 Å². The summed E-state index contributed by atoms with van der Waals surface area (Å²) in [6.07, 6.45) is 0. The van der Waals surface area contributed by atoms with Crippen LogP contribution in [0, 0.1) is 15.9 Å². The largest absolute Gasteiger partial charge is 0.312 e. The van der Waals surface area contributed by atoms with Gasteiger partial charge in [0.15, 0.2) is 0 Å². The lowest BCUT2D eigenvalue weighted by Gasteiger charge is -2.31. The van der Waals surface area contributed by atoms with Crippen molar-refractivity contribution in [2.45, 2.75) is 19.5 Å². The summed E-state index contributed by atoms with van der Waals surface area (Å²) in [4.78, 5) is 12.3. The molecule has 1 aliphatic rings. The standard InChI is InChI=1S/C12H16FN3O2/c1-9-7-15(3-2-14-9)8-10-4-11(13)6-12(5-10)16(17)18/h4-6,9,14H,2-3,7-8H2,1H3/t9-/m0/s1. The van der Waals surface area contributed by atoms with Crippen molar-refractivity contribution in [1.82, 2.24) is 10.2 Å². The van der Waals surface area contributed by atoms with Gasteiger partial charge in [-0.1, -0.05) is 0 Å². The van der Waals surface area contributed by atoms with Crippen LogP contribution in [0.3, 0.4) is 0 Å². The lowest BCUT2D eigenvalue weighted by molar-refractivity contribution is -0.385. The van der Waals surface area contributed by atoms with Crippen LogP contribution in [0.2, 0.25) is 0 Å². The second kappa shape index (κ2) is 5.41. The summed E-state index contributed by atoms with van der Waals surface area (Å²) in [7, 11) is 0. The zero-order chi connectivity index (χ0) is 13.1. The molecule has 1 N–H and O–H groups in total. The molecule has 1 saturated heterocycles. The quantitative estimate of drug-likeness (QED) is 0.655. The highest BCUT2D eigenvalue weighted by Crippen LogP contribution is 2.18. The van der Waals surface area contributed by atoms with Crippen molar-refractivity contribution in [3.63, 3.8) is 0 Å². The van der Waals surface area contributed by atoms with Gasteiger partial charge >= 0.3 is 0 Å². The van der Waals surface area contributed by atoms with E-state index in [-0.39, 0.29) is 5.69 Å². The minimum absolute atomic E-state index is 0.187. The van der Waals surface area contributed by atoms with Gasteiger partial charge in [0, 0.05) is 38.3 Å². The van der Waals surface area contributed by atoms with Gasteiger partial charge in [0.1, 0.15) is 5.82 Å². The van der Waals surface area contributed by atoms with E-state index in [4.69, 9.17) is 0 Å². The number of hydrogen-bond donors (Lipinski definition) is 1. The van der Waals surface area contributed by atoms with Crippen molar-refractivity contribution in [1.29, 1.82) is 0 Å². The van der Waals surface area contributed by atoms with Crippen LogP contribution >= 0.6 is 0 Å². The molecule has 5 nitrogen and oxygen atoms in total. The molecule has 18 heavy (non-hydrogen) atoms. The minimum Gasteiger partial charge on any atom is -0.312 e. The first kappa shape index (κ1) is 12.9. The van der Waals surface area contributed by atoms with Gasteiger partial charge in [0.05, 0.1) is 11.0 Å². The Balaban J connectivity index is 2.10. The number of non-ortho nitro benzene ring substituents is 1. The van der Waals surface area contributed by atoms with Crippen molar-refractivity contribution < 1.29 is 9.31 Å². The molecule has 1 heterocycles. The lowest BCUT2D eigenvalue weighted by Crippen LogP contribution is -2.48. The first-order valence-corrected chi connectivity index (χ1v) is 5.94. The van der Waals surface area contributed by atoms with Crippen LogP contribution in [0.25, 0.3) is 0 Å². The lowest BCUT2D eigenvalue weighted by atomic mass is 10.1. The average Bonchev–Trinajstić information content (AvgIpc) is 2.28. The zero-order valence-corrected chi connectivity index (χ0v) is 10.2. The Bertz CT molecular complexity index is 453. The summed E-state index contributed by atoms with van der Waals surface area (Å²) >= 11 is 0. The predicted octanol–water partition coefficient (Wildman–Crippen LogP) is 1.53. The number of nitrogens with zero attached hydrogens (tertiary/aromatic N) is 2. The fourth-order valence-corrected chi connectivity index (χ4v) is 2.24. The maximum atomic E-state index is 13.3. The molecule has 0 radical (unpaired) electrons. The van der Waals surface area contributed by atoms with Gasteiger partial charge in [-0.05, 0) is 18.6 Å². The molecule has 1 aromatic rings. The normalized spacial score (nSPS) is 20.9. The maximum Gasteiger partial charge on any atom is 0.272 e. The van der Waals surface area contributed by atoms with Crippen molar-refractivity contribution in [2.75, 3.05) is 19.6 Å². The molecule has 1 atom stereocenters. The van der Waals surface area contributed by atoms with Gasteiger partial charge < -0.3 is 5.32 Å². The monoisotopic (exact) mass is 253 g/mol. The van der Waals surface area contributed by atoms with E-state index in [1.165, 1.54) is 12.1 Å². The number of nitro benzene ring substituents is 1. The van der Waals surface area contributed by atoms with Crippen LogP contribution in [0.4, 0.5) is 10.1 Å². The van der Waals surface area contributed by atoms with E-state index >= 15 is 0 Å². The third kappa shape index (κ3) is 3.24. The Hall–Kier alpha value is -1.53. The first-order chi connectivity index (χ1) is 8.54. The number of piperazine rings is 1. The Morgan fingerprint density at radius 3 is 3.00 bits per heavy atom. The molecular formula is C12H16FN3O2. The van der Waals surface area contributed by atoms with E-state index in [0.717, 1.165) is 25.7 Å². The molecule has 0 amide bonds. The summed E-state index contributed by atoms with van der Waals surface area (Å²) < 4.78 is 13.3. The molecule has 0 aromatic heterocycles. The number of hydrogen-bond acceptors (Lipinski definition) is 4. The highest BCUT2D eigenvalue weighted by Gasteiger charge is 2.17. The van der Waals surface area contributed by atoms with Crippen LogP contribution < -0.4 is 5.32 Å². The second-order valence-corrected chi connectivity index (χ2v) is 4.67. The molecule has 1 aliphatic heterocycles. The zero-order valence-electron chi connectivity index (χ0n) is 10.2. The van der Waals surface area contributed by atoms with Gasteiger partial charge in [-0.2, -0.15) is 0 Å². The van der Waals surface area contributed by atoms with E-state index < -0.39 is 10.7 Å². The smallest absolute Gasteiger partial charge is 0.272 e. The van der Waals surface area contributed by atoms with E-state index in [1.807, 2.05) is 0 Å². The van der Waals surface area contributed by atoms with Gasteiger partial charge in [-0.3, -0.25) is 15.0 Å². The van der Waals surface area contributed by atoms with Gasteiger partial charge in [-0.15, -0.1) is 0 Å². The summed E-state index contributed by atoms with van der Waals surface area (Å²) in [5.74, 6) is -0.553. The summed E-state index contributed by atoms with van der Waals surface area (Å²) in [6.45, 7) is 5.25. The van der Waals surface area contributed by atoms with E-state index in [2.05, 4.69) is 17.1 Å². The molecule has 0 bridgehead atoms.